The molecule has 1 aromatic carbocycles. The lowest BCUT2D eigenvalue weighted by Crippen LogP contribution is -2.24. The Labute approximate surface area is 111 Å². The summed E-state index contributed by atoms with van der Waals surface area (Å²) in [7, 11) is 0. The van der Waals surface area contributed by atoms with Crippen LogP contribution in [0.1, 0.15) is 11.3 Å². The van der Waals surface area contributed by atoms with Gasteiger partial charge < -0.3 is 9.73 Å². The molecule has 92 valence electrons. The van der Waals surface area contributed by atoms with Crippen molar-refractivity contribution in [1.82, 2.24) is 5.43 Å². The zero-order chi connectivity index (χ0) is 12.8. The van der Waals surface area contributed by atoms with Crippen LogP contribution in [-0.2, 0) is 0 Å². The Balaban J connectivity index is 1.88. The summed E-state index contributed by atoms with van der Waals surface area (Å²) >= 11 is 5.12. The van der Waals surface area contributed by atoms with Gasteiger partial charge in [0, 0.05) is 5.69 Å². The standard InChI is InChI=1S/C13H13N3OS/c1-10-5-2-3-7-12(10)15-13(18)16-14-9-11-6-4-8-17-11/h2-9H,1H3,(H2,15,16,18)/b14-9+. The molecule has 5 heteroatoms. The predicted octanol–water partition coefficient (Wildman–Crippen LogP) is 2.91. The molecule has 0 radical (unpaired) electrons. The highest BCUT2D eigenvalue weighted by molar-refractivity contribution is 7.80. The van der Waals surface area contributed by atoms with Crippen LogP contribution in [0.15, 0.2) is 52.2 Å². The molecular weight excluding hydrogens is 246 g/mol. The molecule has 2 rings (SSSR count). The third kappa shape index (κ3) is 3.43. The largest absolute Gasteiger partial charge is 0.463 e. The van der Waals surface area contributed by atoms with E-state index in [4.69, 9.17) is 16.6 Å². The van der Waals surface area contributed by atoms with Crippen LogP contribution in [0, 0.1) is 6.92 Å². The van der Waals surface area contributed by atoms with Crippen LogP contribution in [0.5, 0.6) is 0 Å². The second-order valence-corrected chi connectivity index (χ2v) is 4.06. The fraction of sp³-hybridized carbons (Fsp3) is 0.0769. The molecule has 0 aliphatic rings. The molecule has 4 nitrogen and oxygen atoms in total. The lowest BCUT2D eigenvalue weighted by molar-refractivity contribution is 0.560. The average Bonchev–Trinajstić information content (AvgIpc) is 2.85. The van der Waals surface area contributed by atoms with E-state index in [9.17, 15) is 0 Å². The molecule has 0 fully saturated rings. The van der Waals surface area contributed by atoms with Crippen molar-refractivity contribution in [1.29, 1.82) is 0 Å². The van der Waals surface area contributed by atoms with E-state index in [-0.39, 0.29) is 0 Å². The highest BCUT2D eigenvalue weighted by atomic mass is 32.1. The number of thiocarbonyl (C=S) groups is 1. The van der Waals surface area contributed by atoms with Gasteiger partial charge in [0.2, 0.25) is 0 Å². The predicted molar refractivity (Wildman–Crippen MR) is 76.8 cm³/mol. The Morgan fingerprint density at radius 2 is 2.11 bits per heavy atom. The van der Waals surface area contributed by atoms with E-state index in [2.05, 4.69) is 15.8 Å². The number of hydrogen-bond acceptors (Lipinski definition) is 3. The van der Waals surface area contributed by atoms with Crippen LogP contribution in [0.4, 0.5) is 5.69 Å². The number of anilines is 1. The molecule has 1 heterocycles. The number of aryl methyl sites for hydroxylation is 1. The van der Waals surface area contributed by atoms with E-state index >= 15 is 0 Å². The average molecular weight is 259 g/mol. The fourth-order valence-electron chi connectivity index (χ4n) is 1.38. The van der Waals surface area contributed by atoms with Gasteiger partial charge in [0.1, 0.15) is 5.76 Å². The second-order valence-electron chi connectivity index (χ2n) is 3.65. The zero-order valence-corrected chi connectivity index (χ0v) is 10.7. The molecule has 0 saturated heterocycles. The maximum Gasteiger partial charge on any atom is 0.191 e. The molecular formula is C13H13N3OS. The Morgan fingerprint density at radius 1 is 1.28 bits per heavy atom. The second kappa shape index (κ2) is 5.97. The van der Waals surface area contributed by atoms with Gasteiger partial charge in [-0.3, -0.25) is 5.43 Å². The molecule has 1 aromatic heterocycles. The first kappa shape index (κ1) is 12.3. The van der Waals surface area contributed by atoms with Crippen LogP contribution in [0.25, 0.3) is 0 Å². The molecule has 0 unspecified atom stereocenters. The molecule has 0 saturated carbocycles. The number of nitrogens with one attached hydrogen (secondary N) is 2. The fourth-order valence-corrected chi connectivity index (χ4v) is 1.55. The zero-order valence-electron chi connectivity index (χ0n) is 9.88. The van der Waals surface area contributed by atoms with Gasteiger partial charge in [-0.15, -0.1) is 0 Å². The lowest BCUT2D eigenvalue weighted by atomic mass is 10.2. The van der Waals surface area contributed by atoms with E-state index in [1.807, 2.05) is 37.3 Å². The van der Waals surface area contributed by atoms with Gasteiger partial charge in [0.25, 0.3) is 0 Å². The smallest absolute Gasteiger partial charge is 0.191 e. The molecule has 0 amide bonds. The Hall–Kier alpha value is -2.14. The summed E-state index contributed by atoms with van der Waals surface area (Å²) < 4.78 is 5.10. The van der Waals surface area contributed by atoms with Gasteiger partial charge in [0.05, 0.1) is 12.5 Å². The van der Waals surface area contributed by atoms with Crippen molar-refractivity contribution in [2.75, 3.05) is 5.32 Å². The molecule has 0 bridgehead atoms. The van der Waals surface area contributed by atoms with Crippen molar-refractivity contribution >= 4 is 29.2 Å². The molecule has 18 heavy (non-hydrogen) atoms. The number of para-hydroxylation sites is 1. The number of furan rings is 1. The first-order chi connectivity index (χ1) is 8.75. The van der Waals surface area contributed by atoms with Crippen LogP contribution < -0.4 is 10.7 Å². The minimum atomic E-state index is 0.437. The van der Waals surface area contributed by atoms with E-state index in [1.165, 1.54) is 0 Å². The lowest BCUT2D eigenvalue weighted by Gasteiger charge is -2.08. The van der Waals surface area contributed by atoms with Crippen molar-refractivity contribution in [3.05, 3.63) is 54.0 Å². The summed E-state index contributed by atoms with van der Waals surface area (Å²) in [6.07, 6.45) is 3.15. The summed E-state index contributed by atoms with van der Waals surface area (Å²) in [6, 6.07) is 11.5. The van der Waals surface area contributed by atoms with Gasteiger partial charge in [-0.1, -0.05) is 18.2 Å². The topological polar surface area (TPSA) is 49.6 Å². The van der Waals surface area contributed by atoms with Crippen molar-refractivity contribution in [2.24, 2.45) is 5.10 Å². The number of benzene rings is 1. The van der Waals surface area contributed by atoms with Crippen LogP contribution in [0.3, 0.4) is 0 Å². The number of hydrazone groups is 1. The first-order valence-electron chi connectivity index (χ1n) is 5.45. The van der Waals surface area contributed by atoms with Crippen molar-refractivity contribution in [3.63, 3.8) is 0 Å². The Morgan fingerprint density at radius 3 is 2.83 bits per heavy atom. The molecule has 0 aliphatic carbocycles. The van der Waals surface area contributed by atoms with Crippen molar-refractivity contribution in [2.45, 2.75) is 6.92 Å². The minimum Gasteiger partial charge on any atom is -0.463 e. The molecule has 2 N–H and O–H groups in total. The van der Waals surface area contributed by atoms with Crippen molar-refractivity contribution < 1.29 is 4.42 Å². The maximum absolute atomic E-state index is 5.12. The highest BCUT2D eigenvalue weighted by Crippen LogP contribution is 2.12. The van der Waals surface area contributed by atoms with Gasteiger partial charge in [-0.05, 0) is 42.9 Å². The van der Waals surface area contributed by atoms with Crippen LogP contribution >= 0.6 is 12.2 Å². The van der Waals surface area contributed by atoms with Gasteiger partial charge >= 0.3 is 0 Å². The number of rotatable bonds is 3. The minimum absolute atomic E-state index is 0.437. The molecule has 0 atom stereocenters. The Kier molecular flexibility index (Phi) is 4.09. The van der Waals surface area contributed by atoms with E-state index in [1.54, 1.807) is 18.5 Å². The van der Waals surface area contributed by atoms with Gasteiger partial charge in [-0.25, -0.2) is 0 Å². The van der Waals surface area contributed by atoms with E-state index in [0.29, 0.717) is 10.9 Å². The summed E-state index contributed by atoms with van der Waals surface area (Å²) in [5, 5.41) is 7.47. The van der Waals surface area contributed by atoms with Gasteiger partial charge in [0.15, 0.2) is 5.11 Å². The van der Waals surface area contributed by atoms with E-state index in [0.717, 1.165) is 11.3 Å². The summed E-state index contributed by atoms with van der Waals surface area (Å²) in [5.41, 5.74) is 4.81. The molecule has 0 aliphatic heterocycles. The quantitative estimate of drug-likeness (QED) is 0.505. The number of hydrogen-bond donors (Lipinski definition) is 2. The SMILES string of the molecule is Cc1ccccc1NC(=S)N/N=C/c1ccco1. The highest BCUT2D eigenvalue weighted by Gasteiger charge is 1.98. The summed E-state index contributed by atoms with van der Waals surface area (Å²) in [5.74, 6) is 0.668. The number of nitrogens with zero attached hydrogens (tertiary/aromatic N) is 1. The molecule has 0 spiro atoms. The van der Waals surface area contributed by atoms with Crippen LogP contribution in [0.2, 0.25) is 0 Å². The monoisotopic (exact) mass is 259 g/mol. The maximum atomic E-state index is 5.12. The Bertz CT molecular complexity index is 549. The third-order valence-corrected chi connectivity index (χ3v) is 2.49. The summed E-state index contributed by atoms with van der Waals surface area (Å²) in [6.45, 7) is 2.01. The van der Waals surface area contributed by atoms with E-state index < -0.39 is 0 Å². The summed E-state index contributed by atoms with van der Waals surface area (Å²) in [4.78, 5) is 0. The molecule has 2 aromatic rings. The normalized spacial score (nSPS) is 10.5. The first-order valence-corrected chi connectivity index (χ1v) is 5.86. The van der Waals surface area contributed by atoms with Crippen molar-refractivity contribution in [3.8, 4) is 0 Å². The third-order valence-electron chi connectivity index (χ3n) is 2.29. The van der Waals surface area contributed by atoms with Crippen LogP contribution in [-0.4, -0.2) is 11.3 Å². The van der Waals surface area contributed by atoms with Gasteiger partial charge in [-0.2, -0.15) is 5.10 Å².